The fourth-order valence-corrected chi connectivity index (χ4v) is 2.40. The fraction of sp³-hybridized carbons (Fsp3) is 0.333. The summed E-state index contributed by atoms with van der Waals surface area (Å²) in [5, 5.41) is 2.79. The van der Waals surface area contributed by atoms with Crippen LogP contribution in [-0.4, -0.2) is 15.2 Å². The first kappa shape index (κ1) is 10.4. The highest BCUT2D eigenvalue weighted by atomic mass is 32.2. The van der Waals surface area contributed by atoms with E-state index in [9.17, 15) is 0 Å². The van der Waals surface area contributed by atoms with Gasteiger partial charge >= 0.3 is 0 Å². The Bertz CT molecular complexity index is 480. The summed E-state index contributed by atoms with van der Waals surface area (Å²) in [6.45, 7) is 6.30. The van der Waals surface area contributed by atoms with Crippen LogP contribution in [0.3, 0.4) is 0 Å². The van der Waals surface area contributed by atoms with E-state index in [2.05, 4.69) is 29.9 Å². The Morgan fingerprint density at radius 3 is 2.60 bits per heavy atom. The van der Waals surface area contributed by atoms with E-state index in [0.717, 1.165) is 21.8 Å². The predicted molar refractivity (Wildman–Crippen MR) is 65.3 cm³/mol. The number of benzene rings is 1. The highest BCUT2D eigenvalue weighted by Crippen LogP contribution is 2.27. The van der Waals surface area contributed by atoms with E-state index in [1.807, 2.05) is 25.1 Å². The van der Waals surface area contributed by atoms with Crippen molar-refractivity contribution in [2.24, 2.45) is 0 Å². The third-order valence-corrected chi connectivity index (χ3v) is 3.03. The highest BCUT2D eigenvalue weighted by molar-refractivity contribution is 8.00. The topological polar surface area (TPSA) is 25.8 Å². The molecule has 2 aromatic rings. The first-order valence-corrected chi connectivity index (χ1v) is 5.95. The third kappa shape index (κ3) is 2.29. The van der Waals surface area contributed by atoms with Crippen LogP contribution in [0.4, 0.5) is 0 Å². The molecule has 0 aliphatic heterocycles. The maximum Gasteiger partial charge on any atom is 0.127 e. The second-order valence-electron chi connectivity index (χ2n) is 3.76. The van der Waals surface area contributed by atoms with Crippen molar-refractivity contribution in [2.75, 3.05) is 0 Å². The monoisotopic (exact) mass is 218 g/mol. The predicted octanol–water partition coefficient (Wildman–Crippen LogP) is 3.44. The molecule has 0 amide bonds. The number of aryl methyl sites for hydroxylation is 1. The van der Waals surface area contributed by atoms with Crippen molar-refractivity contribution >= 4 is 22.7 Å². The molecule has 0 radical (unpaired) electrons. The Labute approximate surface area is 94.1 Å². The van der Waals surface area contributed by atoms with E-state index in [-0.39, 0.29) is 0 Å². The molecule has 0 bridgehead atoms. The molecule has 0 N–H and O–H groups in total. The van der Waals surface area contributed by atoms with Gasteiger partial charge in [-0.15, -0.1) is 11.8 Å². The van der Waals surface area contributed by atoms with Crippen LogP contribution in [0.2, 0.25) is 0 Å². The van der Waals surface area contributed by atoms with Crippen molar-refractivity contribution in [1.29, 1.82) is 0 Å². The maximum atomic E-state index is 4.49. The number of para-hydroxylation sites is 1. The van der Waals surface area contributed by atoms with Crippen molar-refractivity contribution in [3.8, 4) is 0 Å². The molecule has 0 saturated carbocycles. The maximum absolute atomic E-state index is 4.49. The summed E-state index contributed by atoms with van der Waals surface area (Å²) in [5.41, 5.74) is 1.04. The number of aromatic nitrogens is 2. The summed E-state index contributed by atoms with van der Waals surface area (Å²) in [5.74, 6) is 0.844. The van der Waals surface area contributed by atoms with Gasteiger partial charge in [0.1, 0.15) is 10.9 Å². The molecule has 0 saturated heterocycles. The molecule has 15 heavy (non-hydrogen) atoms. The molecule has 0 atom stereocenters. The van der Waals surface area contributed by atoms with Crippen LogP contribution in [0.25, 0.3) is 10.9 Å². The van der Waals surface area contributed by atoms with Gasteiger partial charge in [-0.25, -0.2) is 9.97 Å². The lowest BCUT2D eigenvalue weighted by atomic mass is 10.2. The molecule has 0 unspecified atom stereocenters. The summed E-state index contributed by atoms with van der Waals surface area (Å²) in [6, 6.07) is 8.16. The normalized spacial score (nSPS) is 11.2. The Balaban J connectivity index is 2.60. The molecule has 2 rings (SSSR count). The van der Waals surface area contributed by atoms with Crippen molar-refractivity contribution in [2.45, 2.75) is 31.0 Å². The largest absolute Gasteiger partial charge is 0.233 e. The standard InChI is InChI=1S/C12H14N2S/c1-8(2)15-12-10-6-4-5-7-11(10)13-9(3)14-12/h4-8H,1-3H3. The Hall–Kier alpha value is -1.09. The van der Waals surface area contributed by atoms with Gasteiger partial charge in [-0.05, 0) is 13.0 Å². The number of fused-ring (bicyclic) bond motifs is 1. The molecule has 1 heterocycles. The number of rotatable bonds is 2. The molecule has 0 fully saturated rings. The van der Waals surface area contributed by atoms with Gasteiger partial charge in [-0.2, -0.15) is 0 Å². The molecule has 1 aromatic carbocycles. The van der Waals surface area contributed by atoms with Gasteiger partial charge in [0.25, 0.3) is 0 Å². The Kier molecular flexibility index (Phi) is 2.91. The van der Waals surface area contributed by atoms with E-state index in [1.54, 1.807) is 11.8 Å². The van der Waals surface area contributed by atoms with Crippen LogP contribution >= 0.6 is 11.8 Å². The summed E-state index contributed by atoms with van der Waals surface area (Å²) in [4.78, 5) is 8.91. The second kappa shape index (κ2) is 4.19. The summed E-state index contributed by atoms with van der Waals surface area (Å²) in [7, 11) is 0. The van der Waals surface area contributed by atoms with Gasteiger partial charge in [-0.3, -0.25) is 0 Å². The second-order valence-corrected chi connectivity index (χ2v) is 5.32. The van der Waals surface area contributed by atoms with Crippen LogP contribution in [0.5, 0.6) is 0 Å². The van der Waals surface area contributed by atoms with E-state index in [0.29, 0.717) is 5.25 Å². The molecular formula is C12H14N2S. The van der Waals surface area contributed by atoms with Gasteiger partial charge in [0.05, 0.1) is 5.52 Å². The molecule has 3 heteroatoms. The van der Waals surface area contributed by atoms with Crippen LogP contribution in [0.1, 0.15) is 19.7 Å². The molecular weight excluding hydrogens is 204 g/mol. The summed E-state index contributed by atoms with van der Waals surface area (Å²) < 4.78 is 0. The zero-order valence-electron chi connectivity index (χ0n) is 9.19. The molecule has 2 nitrogen and oxygen atoms in total. The average molecular weight is 218 g/mol. The lowest BCUT2D eigenvalue weighted by Crippen LogP contribution is -1.95. The number of hydrogen-bond acceptors (Lipinski definition) is 3. The SMILES string of the molecule is Cc1nc(SC(C)C)c2ccccc2n1. The van der Waals surface area contributed by atoms with Crippen molar-refractivity contribution in [1.82, 2.24) is 9.97 Å². The minimum absolute atomic E-state index is 0.544. The van der Waals surface area contributed by atoms with Gasteiger partial charge in [-0.1, -0.05) is 32.0 Å². The number of thioether (sulfide) groups is 1. The van der Waals surface area contributed by atoms with Crippen molar-refractivity contribution in [3.05, 3.63) is 30.1 Å². The third-order valence-electron chi connectivity index (χ3n) is 2.03. The lowest BCUT2D eigenvalue weighted by Gasteiger charge is -2.08. The van der Waals surface area contributed by atoms with E-state index in [1.165, 1.54) is 0 Å². The molecule has 0 aliphatic rings. The Morgan fingerprint density at radius 1 is 1.13 bits per heavy atom. The van der Waals surface area contributed by atoms with Crippen molar-refractivity contribution < 1.29 is 0 Å². The van der Waals surface area contributed by atoms with Crippen LogP contribution in [-0.2, 0) is 0 Å². The summed E-state index contributed by atoms with van der Waals surface area (Å²) >= 11 is 1.79. The zero-order valence-corrected chi connectivity index (χ0v) is 10.0. The number of nitrogens with zero attached hydrogens (tertiary/aromatic N) is 2. The first-order valence-electron chi connectivity index (χ1n) is 5.07. The Morgan fingerprint density at radius 2 is 1.87 bits per heavy atom. The van der Waals surface area contributed by atoms with E-state index >= 15 is 0 Å². The van der Waals surface area contributed by atoms with Crippen LogP contribution in [0, 0.1) is 6.92 Å². The molecule has 1 aromatic heterocycles. The van der Waals surface area contributed by atoms with Crippen LogP contribution < -0.4 is 0 Å². The van der Waals surface area contributed by atoms with E-state index in [4.69, 9.17) is 0 Å². The minimum Gasteiger partial charge on any atom is -0.233 e. The van der Waals surface area contributed by atoms with Gasteiger partial charge in [0, 0.05) is 10.6 Å². The molecule has 0 spiro atoms. The zero-order chi connectivity index (χ0) is 10.8. The fourth-order valence-electron chi connectivity index (χ4n) is 1.47. The van der Waals surface area contributed by atoms with E-state index < -0.39 is 0 Å². The van der Waals surface area contributed by atoms with Gasteiger partial charge < -0.3 is 0 Å². The minimum atomic E-state index is 0.544. The highest BCUT2D eigenvalue weighted by Gasteiger charge is 2.07. The van der Waals surface area contributed by atoms with Crippen molar-refractivity contribution in [3.63, 3.8) is 0 Å². The number of hydrogen-bond donors (Lipinski definition) is 0. The molecule has 0 aliphatic carbocycles. The van der Waals surface area contributed by atoms with Crippen LogP contribution in [0.15, 0.2) is 29.3 Å². The quantitative estimate of drug-likeness (QED) is 0.570. The van der Waals surface area contributed by atoms with Gasteiger partial charge in [0.15, 0.2) is 0 Å². The molecule has 78 valence electrons. The lowest BCUT2D eigenvalue weighted by molar-refractivity contribution is 0.999. The first-order chi connectivity index (χ1) is 7.16. The average Bonchev–Trinajstić information content (AvgIpc) is 2.16. The van der Waals surface area contributed by atoms with Gasteiger partial charge in [0.2, 0.25) is 0 Å². The smallest absolute Gasteiger partial charge is 0.127 e. The summed E-state index contributed by atoms with van der Waals surface area (Å²) in [6.07, 6.45) is 0.